The molecule has 1 unspecified atom stereocenters. The Hall–Kier alpha value is -1.54. The maximum Gasteiger partial charge on any atom is 0.437 e. The minimum Gasteiger partial charge on any atom is -0.298 e. The van der Waals surface area contributed by atoms with Gasteiger partial charge in [-0.05, 0) is 25.3 Å². The average Bonchev–Trinajstić information content (AvgIpc) is 2.73. The van der Waals surface area contributed by atoms with E-state index >= 15 is 0 Å². The molecule has 0 bridgehead atoms. The molecule has 0 spiro atoms. The van der Waals surface area contributed by atoms with E-state index in [9.17, 15) is 13.2 Å². The van der Waals surface area contributed by atoms with Crippen molar-refractivity contribution in [3.8, 4) is 0 Å². The van der Waals surface area contributed by atoms with Gasteiger partial charge in [-0.3, -0.25) is 10.2 Å². The van der Waals surface area contributed by atoms with E-state index in [1.54, 1.807) is 18.4 Å². The molecule has 1 fully saturated rings. The Balaban J connectivity index is 1.97. The fourth-order valence-electron chi connectivity index (χ4n) is 1.87. The lowest BCUT2D eigenvalue weighted by Gasteiger charge is -2.06. The second-order valence-electron chi connectivity index (χ2n) is 4.73. The van der Waals surface area contributed by atoms with Gasteiger partial charge in [0.1, 0.15) is 0 Å². The van der Waals surface area contributed by atoms with Crippen LogP contribution in [0.5, 0.6) is 0 Å². The highest BCUT2D eigenvalue weighted by Crippen LogP contribution is 2.20. The number of oxime groups is 1. The fourth-order valence-corrected chi connectivity index (χ4v) is 5.02. The summed E-state index contributed by atoms with van der Waals surface area (Å²) in [7, 11) is -3.13. The van der Waals surface area contributed by atoms with Crippen molar-refractivity contribution in [3.05, 3.63) is 29.8 Å². The predicted octanol–water partition coefficient (Wildman–Crippen LogP) is 2.06. The Labute approximate surface area is 127 Å². The maximum absolute atomic E-state index is 11.6. The third-order valence-electron chi connectivity index (χ3n) is 2.97. The van der Waals surface area contributed by atoms with Crippen molar-refractivity contribution < 1.29 is 18.0 Å². The van der Waals surface area contributed by atoms with E-state index in [4.69, 9.17) is 4.84 Å². The zero-order chi connectivity index (χ0) is 15.5. The van der Waals surface area contributed by atoms with Crippen LogP contribution in [0.25, 0.3) is 0 Å². The fraction of sp³-hybridized carbons (Fsp3) is 0.385. The number of carbonyl (C=O) groups is 1. The minimum atomic E-state index is -3.13. The molecule has 0 radical (unpaired) electrons. The van der Waals surface area contributed by atoms with E-state index in [0.29, 0.717) is 11.4 Å². The Morgan fingerprint density at radius 1 is 1.38 bits per heavy atom. The van der Waals surface area contributed by atoms with Crippen molar-refractivity contribution in [2.45, 2.75) is 12.2 Å². The second kappa shape index (κ2) is 6.48. The number of amides is 1. The van der Waals surface area contributed by atoms with Crippen LogP contribution in [0, 0.1) is 6.92 Å². The van der Waals surface area contributed by atoms with Crippen LogP contribution < -0.4 is 5.32 Å². The van der Waals surface area contributed by atoms with Crippen molar-refractivity contribution in [3.63, 3.8) is 0 Å². The van der Waals surface area contributed by atoms with Crippen LogP contribution in [-0.4, -0.2) is 43.2 Å². The summed E-state index contributed by atoms with van der Waals surface area (Å²) in [4.78, 5) is 16.4. The summed E-state index contributed by atoms with van der Waals surface area (Å²) in [5.41, 5.74) is 2.04. The number of nitrogens with one attached hydrogen (secondary N) is 1. The maximum atomic E-state index is 11.6. The third kappa shape index (κ3) is 4.47. The molecule has 6 nitrogen and oxygen atoms in total. The van der Waals surface area contributed by atoms with Gasteiger partial charge in [0.25, 0.3) is 0 Å². The molecule has 1 amide bonds. The van der Waals surface area contributed by atoms with E-state index in [-0.39, 0.29) is 16.8 Å². The normalized spacial score (nSPS) is 22.2. The Kier molecular flexibility index (Phi) is 4.89. The van der Waals surface area contributed by atoms with Crippen LogP contribution in [-0.2, 0) is 14.7 Å². The van der Waals surface area contributed by atoms with E-state index in [2.05, 4.69) is 10.5 Å². The van der Waals surface area contributed by atoms with Gasteiger partial charge in [-0.15, -0.1) is 0 Å². The van der Waals surface area contributed by atoms with E-state index in [1.165, 1.54) is 11.8 Å². The Bertz CT molecular complexity index is 653. The molecule has 1 aliphatic heterocycles. The number of hydrogen-bond donors (Lipinski definition) is 1. The Morgan fingerprint density at radius 2 is 2.05 bits per heavy atom. The zero-order valence-corrected chi connectivity index (χ0v) is 13.3. The van der Waals surface area contributed by atoms with Gasteiger partial charge >= 0.3 is 6.09 Å². The summed E-state index contributed by atoms with van der Waals surface area (Å²) in [5.74, 6) is -0.119. The van der Waals surface area contributed by atoms with Crippen LogP contribution >= 0.6 is 11.8 Å². The van der Waals surface area contributed by atoms with E-state index in [0.717, 1.165) is 5.56 Å². The number of rotatable bonds is 3. The molecule has 0 aliphatic carbocycles. The molecule has 1 aliphatic rings. The van der Waals surface area contributed by atoms with Crippen molar-refractivity contribution in [1.82, 2.24) is 0 Å². The quantitative estimate of drug-likeness (QED) is 0.678. The zero-order valence-electron chi connectivity index (χ0n) is 11.7. The van der Waals surface area contributed by atoms with Gasteiger partial charge < -0.3 is 0 Å². The highest BCUT2D eigenvalue weighted by atomic mass is 32.2. The van der Waals surface area contributed by atoms with Gasteiger partial charge in [-0.2, -0.15) is 11.8 Å². The monoisotopic (exact) mass is 328 g/mol. The molecule has 0 aromatic heterocycles. The molecule has 8 heteroatoms. The SMILES string of the molecule is CSC1CS(=O)(=O)C/C1=N/OC(=O)Nc1ccc(C)cc1. The molecule has 1 saturated heterocycles. The number of thioether (sulfide) groups is 1. The molecule has 1 heterocycles. The second-order valence-corrected chi connectivity index (χ2v) is 7.88. The van der Waals surface area contributed by atoms with Crippen molar-refractivity contribution in [2.75, 3.05) is 23.1 Å². The standard InChI is InChI=1S/C13H16N2O4S2/c1-9-3-5-10(6-4-9)14-13(16)19-15-11-7-21(17,18)8-12(11)20-2/h3-6,12H,7-8H2,1-2H3,(H,14,16)/b15-11-. The van der Waals surface area contributed by atoms with Gasteiger partial charge in [0.2, 0.25) is 0 Å². The van der Waals surface area contributed by atoms with Crippen LogP contribution in [0.4, 0.5) is 10.5 Å². The van der Waals surface area contributed by atoms with Crippen molar-refractivity contribution >= 4 is 39.1 Å². The smallest absolute Gasteiger partial charge is 0.298 e. The van der Waals surface area contributed by atoms with Crippen LogP contribution in [0.2, 0.25) is 0 Å². The third-order valence-corrected chi connectivity index (χ3v) is 5.77. The molecule has 1 aromatic carbocycles. The first-order valence-electron chi connectivity index (χ1n) is 6.24. The molecule has 21 heavy (non-hydrogen) atoms. The minimum absolute atomic E-state index is 0.0376. The van der Waals surface area contributed by atoms with Crippen molar-refractivity contribution in [1.29, 1.82) is 0 Å². The van der Waals surface area contributed by atoms with Gasteiger partial charge in [0.05, 0.1) is 22.5 Å². The first-order chi connectivity index (χ1) is 9.89. The van der Waals surface area contributed by atoms with E-state index in [1.807, 2.05) is 19.1 Å². The molecule has 2 rings (SSSR count). The summed E-state index contributed by atoms with van der Waals surface area (Å²) < 4.78 is 23.1. The number of aryl methyl sites for hydroxylation is 1. The van der Waals surface area contributed by atoms with Gasteiger partial charge in [0, 0.05) is 5.69 Å². The molecule has 0 saturated carbocycles. The molecule has 1 N–H and O–H groups in total. The number of benzene rings is 1. The number of hydrogen-bond acceptors (Lipinski definition) is 6. The van der Waals surface area contributed by atoms with Gasteiger partial charge in [-0.1, -0.05) is 22.9 Å². The average molecular weight is 328 g/mol. The molecule has 1 aromatic rings. The predicted molar refractivity (Wildman–Crippen MR) is 84.7 cm³/mol. The molecule has 1 atom stereocenters. The summed E-state index contributed by atoms with van der Waals surface area (Å²) in [6.45, 7) is 1.94. The van der Waals surface area contributed by atoms with Crippen molar-refractivity contribution in [2.24, 2.45) is 5.16 Å². The number of sulfone groups is 1. The number of carbonyl (C=O) groups excluding carboxylic acids is 1. The molecular weight excluding hydrogens is 312 g/mol. The lowest BCUT2D eigenvalue weighted by molar-refractivity contribution is 0.166. The van der Waals surface area contributed by atoms with Crippen LogP contribution in [0.3, 0.4) is 0 Å². The highest BCUT2D eigenvalue weighted by Gasteiger charge is 2.34. The Morgan fingerprint density at radius 3 is 2.67 bits per heavy atom. The lowest BCUT2D eigenvalue weighted by Crippen LogP contribution is -2.17. The first kappa shape index (κ1) is 15.8. The van der Waals surface area contributed by atoms with Gasteiger partial charge in [0.15, 0.2) is 9.84 Å². The first-order valence-corrected chi connectivity index (χ1v) is 9.35. The molecular formula is C13H16N2O4S2. The molecule has 114 valence electrons. The van der Waals surface area contributed by atoms with Crippen LogP contribution in [0.15, 0.2) is 29.4 Å². The summed E-state index contributed by atoms with van der Waals surface area (Å²) in [6.07, 6.45) is 1.06. The lowest BCUT2D eigenvalue weighted by atomic mass is 10.2. The van der Waals surface area contributed by atoms with Gasteiger partial charge in [-0.25, -0.2) is 13.2 Å². The number of anilines is 1. The summed E-state index contributed by atoms with van der Waals surface area (Å²) in [5, 5.41) is 5.96. The van der Waals surface area contributed by atoms with Crippen LogP contribution in [0.1, 0.15) is 5.56 Å². The summed E-state index contributed by atoms with van der Waals surface area (Å²) in [6, 6.07) is 7.20. The highest BCUT2D eigenvalue weighted by molar-refractivity contribution is 8.02. The largest absolute Gasteiger partial charge is 0.437 e. The van der Waals surface area contributed by atoms with E-state index < -0.39 is 15.9 Å². The topological polar surface area (TPSA) is 84.8 Å². The number of nitrogens with zero attached hydrogens (tertiary/aromatic N) is 1. The summed E-state index contributed by atoms with van der Waals surface area (Å²) >= 11 is 1.38.